The zero-order chi connectivity index (χ0) is 29.2. The van der Waals surface area contributed by atoms with Crippen LogP contribution in [0.5, 0.6) is 0 Å². The van der Waals surface area contributed by atoms with Crippen LogP contribution in [0.1, 0.15) is 56.6 Å². The molecule has 1 unspecified atom stereocenters. The van der Waals surface area contributed by atoms with E-state index in [2.05, 4.69) is 29.8 Å². The van der Waals surface area contributed by atoms with Crippen LogP contribution < -0.4 is 16.0 Å². The summed E-state index contributed by atoms with van der Waals surface area (Å²) in [6.07, 6.45) is 5.94. The highest BCUT2D eigenvalue weighted by Gasteiger charge is 2.73. The van der Waals surface area contributed by atoms with Gasteiger partial charge < -0.3 is 20.5 Å². The van der Waals surface area contributed by atoms with E-state index in [9.17, 15) is 14.7 Å². The molecule has 0 aromatic heterocycles. The Morgan fingerprint density at radius 2 is 1.90 bits per heavy atom. The fourth-order valence-corrected chi connectivity index (χ4v) is 7.84. The first-order chi connectivity index (χ1) is 19.5. The van der Waals surface area contributed by atoms with Crippen molar-refractivity contribution in [3.05, 3.63) is 75.5 Å². The van der Waals surface area contributed by atoms with Crippen LogP contribution in [-0.4, -0.2) is 53.9 Å². The van der Waals surface area contributed by atoms with Gasteiger partial charge in [0.2, 0.25) is 11.8 Å². The molecule has 1 saturated carbocycles. The molecule has 3 heterocycles. The van der Waals surface area contributed by atoms with E-state index in [1.165, 1.54) is 6.07 Å². The largest absolute Gasteiger partial charge is 0.393 e. The Hall–Kier alpha value is -2.49. The minimum Gasteiger partial charge on any atom is -0.393 e. The third-order valence-corrected chi connectivity index (χ3v) is 10.1. The molecule has 7 nitrogen and oxygen atoms in total. The fourth-order valence-electron chi connectivity index (χ4n) is 7.49. The molecular formula is C31H34Cl2FN3O4. The van der Waals surface area contributed by atoms with E-state index in [-0.39, 0.29) is 41.0 Å². The lowest BCUT2D eigenvalue weighted by Gasteiger charge is -2.50. The Kier molecular flexibility index (Phi) is 7.22. The Balaban J connectivity index is 1.53. The van der Waals surface area contributed by atoms with Gasteiger partial charge in [-0.15, -0.1) is 0 Å². The third kappa shape index (κ3) is 4.50. The molecule has 2 aromatic carbocycles. The van der Waals surface area contributed by atoms with Crippen LogP contribution in [0.3, 0.4) is 0 Å². The van der Waals surface area contributed by atoms with Gasteiger partial charge in [-0.1, -0.05) is 67.4 Å². The second-order valence-electron chi connectivity index (χ2n) is 12.5. The molecule has 0 bridgehead atoms. The summed E-state index contributed by atoms with van der Waals surface area (Å²) in [7, 11) is 0. The number of rotatable bonds is 4. The molecule has 1 saturated heterocycles. The van der Waals surface area contributed by atoms with Crippen LogP contribution in [0.2, 0.25) is 10.0 Å². The highest BCUT2D eigenvalue weighted by molar-refractivity contribution is 6.31. The van der Waals surface area contributed by atoms with Gasteiger partial charge in [0.15, 0.2) is 0 Å². The SMILES string of the molecule is CC1(C)CCC2(CC1)N[C@@H](C(=O)NC1C=C[C@@H](CO)OC1)[C@H](c1cccc(Cl)c1F)[C@]21C(=O)Nc2cc(Cl)ccc21. The average Bonchev–Trinajstić information content (AvgIpc) is 3.40. The number of aliphatic hydroxyl groups excluding tert-OH is 1. The van der Waals surface area contributed by atoms with E-state index in [0.29, 0.717) is 29.1 Å². The number of hydrogen-bond donors (Lipinski definition) is 4. The molecule has 0 radical (unpaired) electrons. The lowest BCUT2D eigenvalue weighted by Crippen LogP contribution is -2.61. The Morgan fingerprint density at radius 3 is 2.59 bits per heavy atom. The molecule has 218 valence electrons. The summed E-state index contributed by atoms with van der Waals surface area (Å²) in [6, 6.07) is 8.63. The number of nitrogens with one attached hydrogen (secondary N) is 3. The quantitative estimate of drug-likeness (QED) is 0.375. The minimum absolute atomic E-state index is 0.0522. The summed E-state index contributed by atoms with van der Waals surface area (Å²) in [4.78, 5) is 28.7. The number of carbonyl (C=O) groups is 2. The summed E-state index contributed by atoms with van der Waals surface area (Å²) < 4.78 is 21.6. The number of ether oxygens (including phenoxy) is 1. The van der Waals surface area contributed by atoms with Crippen molar-refractivity contribution in [2.75, 3.05) is 18.5 Å². The van der Waals surface area contributed by atoms with Gasteiger partial charge in [0.25, 0.3) is 0 Å². The van der Waals surface area contributed by atoms with Gasteiger partial charge in [-0.05, 0) is 60.4 Å². The van der Waals surface area contributed by atoms with Crippen molar-refractivity contribution < 1.29 is 23.8 Å². The molecule has 2 spiro atoms. The fraction of sp³-hybridized carbons (Fsp3) is 0.484. The number of halogens is 3. The van der Waals surface area contributed by atoms with Crippen LogP contribution in [-0.2, 0) is 19.7 Å². The molecule has 6 rings (SSSR count). The van der Waals surface area contributed by atoms with Gasteiger partial charge in [0.1, 0.15) is 11.2 Å². The first-order valence-electron chi connectivity index (χ1n) is 14.1. The van der Waals surface area contributed by atoms with Gasteiger partial charge in [-0.3, -0.25) is 14.9 Å². The molecule has 4 N–H and O–H groups in total. The maximum absolute atomic E-state index is 16.0. The van der Waals surface area contributed by atoms with Crippen molar-refractivity contribution in [1.82, 2.24) is 10.6 Å². The average molecular weight is 603 g/mol. The molecule has 2 fully saturated rings. The molecule has 4 aliphatic rings. The Bertz CT molecular complexity index is 1420. The summed E-state index contributed by atoms with van der Waals surface area (Å²) in [5, 5.41) is 19.5. The molecule has 2 aromatic rings. The van der Waals surface area contributed by atoms with Gasteiger partial charge >= 0.3 is 0 Å². The smallest absolute Gasteiger partial charge is 0.238 e. The molecule has 3 aliphatic heterocycles. The monoisotopic (exact) mass is 601 g/mol. The molecule has 41 heavy (non-hydrogen) atoms. The zero-order valence-corrected chi connectivity index (χ0v) is 24.5. The van der Waals surface area contributed by atoms with Crippen molar-refractivity contribution in [2.45, 2.75) is 74.6 Å². The molecular weight excluding hydrogens is 568 g/mol. The van der Waals surface area contributed by atoms with Crippen LogP contribution in [0, 0.1) is 11.2 Å². The summed E-state index contributed by atoms with van der Waals surface area (Å²) in [6.45, 7) is 4.44. The molecule has 2 amide bonds. The maximum atomic E-state index is 16.0. The number of aliphatic hydroxyl groups is 1. The minimum atomic E-state index is -1.31. The topological polar surface area (TPSA) is 99.7 Å². The van der Waals surface area contributed by atoms with E-state index in [4.69, 9.17) is 27.9 Å². The van der Waals surface area contributed by atoms with Crippen LogP contribution in [0.4, 0.5) is 10.1 Å². The Morgan fingerprint density at radius 1 is 1.15 bits per heavy atom. The Labute approximate surface area is 248 Å². The van der Waals surface area contributed by atoms with E-state index in [1.54, 1.807) is 36.4 Å². The van der Waals surface area contributed by atoms with Crippen molar-refractivity contribution in [3.63, 3.8) is 0 Å². The highest BCUT2D eigenvalue weighted by atomic mass is 35.5. The molecule has 5 atom stereocenters. The lowest BCUT2D eigenvalue weighted by molar-refractivity contribution is -0.125. The van der Waals surface area contributed by atoms with Crippen molar-refractivity contribution in [2.24, 2.45) is 5.41 Å². The summed E-state index contributed by atoms with van der Waals surface area (Å²) in [5.74, 6) is -2.21. The number of carbonyl (C=O) groups excluding carboxylic acids is 2. The lowest BCUT2D eigenvalue weighted by atomic mass is 9.53. The second kappa shape index (κ2) is 10.3. The van der Waals surface area contributed by atoms with Crippen molar-refractivity contribution >= 4 is 40.7 Å². The van der Waals surface area contributed by atoms with Gasteiger partial charge in [-0.25, -0.2) is 4.39 Å². The number of anilines is 1. The summed E-state index contributed by atoms with van der Waals surface area (Å²) in [5.41, 5.74) is -0.616. The molecule has 1 aliphatic carbocycles. The van der Waals surface area contributed by atoms with Crippen LogP contribution in [0.15, 0.2) is 48.6 Å². The first-order valence-corrected chi connectivity index (χ1v) is 14.8. The van der Waals surface area contributed by atoms with Crippen LogP contribution >= 0.6 is 23.2 Å². The predicted molar refractivity (Wildman–Crippen MR) is 156 cm³/mol. The second-order valence-corrected chi connectivity index (χ2v) is 13.3. The normalized spacial score (nSPS) is 31.3. The number of amides is 2. The summed E-state index contributed by atoms with van der Waals surface area (Å²) >= 11 is 12.7. The van der Waals surface area contributed by atoms with Crippen molar-refractivity contribution in [3.8, 4) is 0 Å². The first kappa shape index (κ1) is 28.6. The van der Waals surface area contributed by atoms with Gasteiger partial charge in [-0.2, -0.15) is 0 Å². The van der Waals surface area contributed by atoms with Gasteiger partial charge in [0.05, 0.1) is 36.4 Å². The van der Waals surface area contributed by atoms with E-state index < -0.39 is 40.9 Å². The van der Waals surface area contributed by atoms with Gasteiger partial charge in [0, 0.05) is 22.2 Å². The number of fused-ring (bicyclic) bond motifs is 3. The zero-order valence-electron chi connectivity index (χ0n) is 23.0. The van der Waals surface area contributed by atoms with E-state index >= 15 is 4.39 Å². The molecule has 10 heteroatoms. The van der Waals surface area contributed by atoms with Crippen LogP contribution in [0.25, 0.3) is 0 Å². The van der Waals surface area contributed by atoms with E-state index in [1.807, 2.05) is 6.07 Å². The standard InChI is InChI=1S/C31H34Cl2FN3O4/c1-29(2)10-12-30(13-11-29)31(21-9-6-17(32)14-23(21)36-28(31)40)24(20-4-3-5-22(33)25(20)34)26(37-30)27(39)35-18-7-8-19(15-38)41-16-18/h3-9,14,18-19,24,26,37-38H,10-13,15-16H2,1-2H3,(H,35,39)(H,36,40)/t18?,19-,24-,26+,31+/m0/s1. The predicted octanol–water partition coefficient (Wildman–Crippen LogP) is 4.85. The third-order valence-electron chi connectivity index (χ3n) is 9.61. The number of benzene rings is 2. The van der Waals surface area contributed by atoms with Crippen molar-refractivity contribution in [1.29, 1.82) is 0 Å². The highest BCUT2D eigenvalue weighted by Crippen LogP contribution is 2.64. The number of hydrogen-bond acceptors (Lipinski definition) is 5. The maximum Gasteiger partial charge on any atom is 0.238 e. The van der Waals surface area contributed by atoms with E-state index in [0.717, 1.165) is 12.8 Å².